The zero-order valence-corrected chi connectivity index (χ0v) is 14.7. The van der Waals surface area contributed by atoms with Gasteiger partial charge in [0.15, 0.2) is 0 Å². The maximum atomic E-state index is 5.57. The SMILES string of the molecule is CC1CN(c2ccc(CNCC3CNNC3C)cn2)CCO1.Cl. The van der Waals surface area contributed by atoms with Gasteiger partial charge in [0.2, 0.25) is 0 Å². The molecule has 3 N–H and O–H groups in total. The molecule has 0 bridgehead atoms. The van der Waals surface area contributed by atoms with Gasteiger partial charge in [-0.1, -0.05) is 6.07 Å². The van der Waals surface area contributed by atoms with Gasteiger partial charge in [0.25, 0.3) is 0 Å². The quantitative estimate of drug-likeness (QED) is 0.740. The van der Waals surface area contributed by atoms with E-state index in [1.54, 1.807) is 0 Å². The number of morpholine rings is 1. The maximum Gasteiger partial charge on any atom is 0.128 e. The van der Waals surface area contributed by atoms with Gasteiger partial charge >= 0.3 is 0 Å². The Morgan fingerprint density at radius 2 is 2.26 bits per heavy atom. The third-order valence-corrected chi connectivity index (χ3v) is 4.51. The summed E-state index contributed by atoms with van der Waals surface area (Å²) in [6.45, 7) is 9.87. The van der Waals surface area contributed by atoms with Crippen LogP contribution >= 0.6 is 12.4 Å². The number of aromatic nitrogens is 1. The Morgan fingerprint density at radius 3 is 2.91 bits per heavy atom. The van der Waals surface area contributed by atoms with E-state index in [9.17, 15) is 0 Å². The predicted octanol–water partition coefficient (Wildman–Crippen LogP) is 0.931. The average Bonchev–Trinajstić information content (AvgIpc) is 2.93. The lowest BCUT2D eigenvalue weighted by molar-refractivity contribution is 0.0529. The van der Waals surface area contributed by atoms with Crippen LogP contribution in [-0.2, 0) is 11.3 Å². The molecule has 23 heavy (non-hydrogen) atoms. The minimum absolute atomic E-state index is 0. The number of halogens is 1. The van der Waals surface area contributed by atoms with Gasteiger partial charge < -0.3 is 15.0 Å². The van der Waals surface area contributed by atoms with Gasteiger partial charge in [-0.15, -0.1) is 12.4 Å². The summed E-state index contributed by atoms with van der Waals surface area (Å²) in [6, 6.07) is 4.82. The largest absolute Gasteiger partial charge is 0.375 e. The number of hydrogen-bond donors (Lipinski definition) is 3. The smallest absolute Gasteiger partial charge is 0.128 e. The number of anilines is 1. The third kappa shape index (κ3) is 5.02. The summed E-state index contributed by atoms with van der Waals surface area (Å²) in [5.41, 5.74) is 7.68. The van der Waals surface area contributed by atoms with Gasteiger partial charge in [0, 0.05) is 50.9 Å². The van der Waals surface area contributed by atoms with Crippen LogP contribution in [0.3, 0.4) is 0 Å². The number of pyridine rings is 1. The van der Waals surface area contributed by atoms with E-state index in [1.807, 2.05) is 6.20 Å². The van der Waals surface area contributed by atoms with Gasteiger partial charge in [-0.2, -0.15) is 0 Å². The highest BCUT2D eigenvalue weighted by molar-refractivity contribution is 5.85. The standard InChI is InChI=1S/C16H27N5O.ClH/c1-12-11-21(5-6-22-12)16-4-3-14(8-18-16)7-17-9-15-10-19-20-13(15)2;/h3-4,8,12-13,15,17,19-20H,5-7,9-11H2,1-2H3;1H. The number of ether oxygens (including phenoxy) is 1. The number of nitrogens with one attached hydrogen (secondary N) is 3. The van der Waals surface area contributed by atoms with Gasteiger partial charge in [-0.05, 0) is 25.5 Å². The van der Waals surface area contributed by atoms with Crippen molar-refractivity contribution in [2.45, 2.75) is 32.5 Å². The topological polar surface area (TPSA) is 61.5 Å². The molecule has 0 radical (unpaired) electrons. The second-order valence-electron chi connectivity index (χ2n) is 6.36. The van der Waals surface area contributed by atoms with Crippen LogP contribution in [0.5, 0.6) is 0 Å². The summed E-state index contributed by atoms with van der Waals surface area (Å²) in [6.07, 6.45) is 2.27. The molecule has 0 amide bonds. The fourth-order valence-corrected chi connectivity index (χ4v) is 3.03. The van der Waals surface area contributed by atoms with E-state index in [2.05, 4.69) is 52.0 Å². The first-order valence-electron chi connectivity index (χ1n) is 8.23. The lowest BCUT2D eigenvalue weighted by atomic mass is 10.0. The molecule has 2 fully saturated rings. The molecule has 3 rings (SSSR count). The molecule has 1 aromatic heterocycles. The van der Waals surface area contributed by atoms with Crippen LogP contribution in [0.2, 0.25) is 0 Å². The summed E-state index contributed by atoms with van der Waals surface area (Å²) in [4.78, 5) is 6.90. The van der Waals surface area contributed by atoms with E-state index in [0.717, 1.165) is 45.1 Å². The fraction of sp³-hybridized carbons (Fsp3) is 0.688. The molecular formula is C16H28ClN5O. The number of nitrogens with zero attached hydrogens (tertiary/aromatic N) is 2. The van der Waals surface area contributed by atoms with Crippen molar-refractivity contribution in [1.29, 1.82) is 0 Å². The molecule has 0 spiro atoms. The molecule has 7 heteroatoms. The van der Waals surface area contributed by atoms with Crippen molar-refractivity contribution < 1.29 is 4.74 Å². The summed E-state index contributed by atoms with van der Waals surface area (Å²) >= 11 is 0. The van der Waals surface area contributed by atoms with Crippen LogP contribution in [0.15, 0.2) is 18.3 Å². The second kappa shape index (κ2) is 8.80. The highest BCUT2D eigenvalue weighted by atomic mass is 35.5. The Kier molecular flexibility index (Phi) is 7.05. The van der Waals surface area contributed by atoms with Crippen molar-refractivity contribution >= 4 is 18.2 Å². The van der Waals surface area contributed by atoms with E-state index in [4.69, 9.17) is 4.74 Å². The summed E-state index contributed by atoms with van der Waals surface area (Å²) in [5.74, 6) is 1.69. The molecule has 2 aliphatic rings. The number of hydrazine groups is 1. The average molecular weight is 342 g/mol. The molecule has 130 valence electrons. The normalized spacial score (nSPS) is 27.7. The molecule has 0 aromatic carbocycles. The predicted molar refractivity (Wildman–Crippen MR) is 94.9 cm³/mol. The first kappa shape index (κ1) is 18.4. The molecule has 3 heterocycles. The highest BCUT2D eigenvalue weighted by Gasteiger charge is 2.22. The van der Waals surface area contributed by atoms with E-state index in [1.165, 1.54) is 5.56 Å². The van der Waals surface area contributed by atoms with Gasteiger partial charge in [0.05, 0.1) is 12.7 Å². The van der Waals surface area contributed by atoms with Crippen LogP contribution in [-0.4, -0.2) is 49.9 Å². The second-order valence-corrected chi connectivity index (χ2v) is 6.36. The zero-order chi connectivity index (χ0) is 15.4. The Hall–Kier alpha value is -0.920. The Balaban J connectivity index is 0.00000192. The van der Waals surface area contributed by atoms with Crippen molar-refractivity contribution in [1.82, 2.24) is 21.2 Å². The Bertz CT molecular complexity index is 472. The third-order valence-electron chi connectivity index (χ3n) is 4.51. The van der Waals surface area contributed by atoms with Gasteiger partial charge in [0.1, 0.15) is 5.82 Å². The molecular weight excluding hydrogens is 314 g/mol. The van der Waals surface area contributed by atoms with Crippen LogP contribution < -0.4 is 21.1 Å². The monoisotopic (exact) mass is 341 g/mol. The Labute approximate surface area is 144 Å². The van der Waals surface area contributed by atoms with Crippen LogP contribution in [0.25, 0.3) is 0 Å². The molecule has 3 atom stereocenters. The molecule has 0 saturated carbocycles. The zero-order valence-electron chi connectivity index (χ0n) is 13.9. The van der Waals surface area contributed by atoms with Gasteiger partial charge in [-0.3, -0.25) is 10.9 Å². The van der Waals surface area contributed by atoms with Crippen molar-refractivity contribution in [3.05, 3.63) is 23.9 Å². The highest BCUT2D eigenvalue weighted by Crippen LogP contribution is 2.15. The molecule has 1 aromatic rings. The molecule has 2 aliphatic heterocycles. The molecule has 0 aliphatic carbocycles. The lowest BCUT2D eigenvalue weighted by Crippen LogP contribution is -2.41. The van der Waals surface area contributed by atoms with Crippen molar-refractivity contribution in [2.24, 2.45) is 5.92 Å². The van der Waals surface area contributed by atoms with Crippen molar-refractivity contribution in [3.63, 3.8) is 0 Å². The Morgan fingerprint density at radius 1 is 1.39 bits per heavy atom. The number of hydrogen-bond acceptors (Lipinski definition) is 6. The van der Waals surface area contributed by atoms with Crippen molar-refractivity contribution in [2.75, 3.05) is 37.7 Å². The van der Waals surface area contributed by atoms with Crippen LogP contribution in [0, 0.1) is 5.92 Å². The number of rotatable bonds is 5. The van der Waals surface area contributed by atoms with Crippen LogP contribution in [0.4, 0.5) is 5.82 Å². The summed E-state index contributed by atoms with van der Waals surface area (Å²) < 4.78 is 5.57. The van der Waals surface area contributed by atoms with E-state index >= 15 is 0 Å². The van der Waals surface area contributed by atoms with Crippen molar-refractivity contribution in [3.8, 4) is 0 Å². The lowest BCUT2D eigenvalue weighted by Gasteiger charge is -2.32. The maximum absolute atomic E-state index is 5.57. The van der Waals surface area contributed by atoms with E-state index < -0.39 is 0 Å². The first-order chi connectivity index (χ1) is 10.7. The first-order valence-corrected chi connectivity index (χ1v) is 8.23. The molecule has 3 unspecified atom stereocenters. The minimum Gasteiger partial charge on any atom is -0.375 e. The molecule has 2 saturated heterocycles. The fourth-order valence-electron chi connectivity index (χ4n) is 3.03. The summed E-state index contributed by atoms with van der Waals surface area (Å²) in [5, 5.41) is 3.53. The van der Waals surface area contributed by atoms with Crippen LogP contribution in [0.1, 0.15) is 19.4 Å². The summed E-state index contributed by atoms with van der Waals surface area (Å²) in [7, 11) is 0. The molecule has 6 nitrogen and oxygen atoms in total. The minimum atomic E-state index is 0. The van der Waals surface area contributed by atoms with E-state index in [-0.39, 0.29) is 18.5 Å². The van der Waals surface area contributed by atoms with Gasteiger partial charge in [-0.25, -0.2) is 4.98 Å². The van der Waals surface area contributed by atoms with E-state index in [0.29, 0.717) is 12.0 Å².